The summed E-state index contributed by atoms with van der Waals surface area (Å²) in [7, 11) is 0. The average molecular weight is 281 g/mol. The first-order valence-electron chi connectivity index (χ1n) is 5.48. The number of thiophene rings is 1. The molecule has 2 aromatic rings. The van der Waals surface area contributed by atoms with Crippen molar-refractivity contribution in [3.8, 4) is 0 Å². The van der Waals surface area contributed by atoms with Crippen LogP contribution < -0.4 is 11.1 Å². The number of nitrogens with one attached hydrogen (secondary N) is 1. The monoisotopic (exact) mass is 280 g/mol. The van der Waals surface area contributed by atoms with Crippen molar-refractivity contribution in [3.05, 3.63) is 57.2 Å². The van der Waals surface area contributed by atoms with Crippen molar-refractivity contribution in [2.45, 2.75) is 12.6 Å². The average Bonchev–Trinajstić information content (AvgIpc) is 2.84. The molecule has 5 heteroatoms. The van der Waals surface area contributed by atoms with Crippen LogP contribution in [0.2, 0.25) is 5.02 Å². The third kappa shape index (κ3) is 3.10. The molecule has 0 aliphatic rings. The van der Waals surface area contributed by atoms with Gasteiger partial charge in [0.2, 0.25) is 5.91 Å². The van der Waals surface area contributed by atoms with Crippen molar-refractivity contribution in [2.75, 3.05) is 0 Å². The van der Waals surface area contributed by atoms with E-state index >= 15 is 0 Å². The second kappa shape index (κ2) is 6.00. The summed E-state index contributed by atoms with van der Waals surface area (Å²) >= 11 is 7.71. The summed E-state index contributed by atoms with van der Waals surface area (Å²) in [4.78, 5) is 12.7. The fraction of sp³-hybridized carbons (Fsp3) is 0.154. The molecule has 1 amide bonds. The minimum absolute atomic E-state index is 0.431. The van der Waals surface area contributed by atoms with Gasteiger partial charge in [0.1, 0.15) is 6.04 Å². The number of carbonyl (C=O) groups excluding carboxylic acids is 1. The van der Waals surface area contributed by atoms with Gasteiger partial charge in [-0.1, -0.05) is 35.9 Å². The number of halogens is 1. The molecular weight excluding hydrogens is 268 g/mol. The maximum Gasteiger partial charge on any atom is 0.239 e. The van der Waals surface area contributed by atoms with E-state index < -0.39 is 11.9 Å². The summed E-state index contributed by atoms with van der Waals surface area (Å²) in [6.07, 6.45) is 0. The summed E-state index contributed by atoms with van der Waals surface area (Å²) in [5.74, 6) is -0.431. The minimum atomic E-state index is -0.569. The first-order valence-corrected chi connectivity index (χ1v) is 6.74. The lowest BCUT2D eigenvalue weighted by Gasteiger charge is -2.16. The van der Waals surface area contributed by atoms with Gasteiger partial charge in [-0.15, -0.1) is 11.3 Å². The number of carbonyl (C=O) groups is 1. The van der Waals surface area contributed by atoms with Crippen LogP contribution in [-0.2, 0) is 11.3 Å². The molecule has 94 valence electrons. The Kier molecular flexibility index (Phi) is 4.36. The molecule has 18 heavy (non-hydrogen) atoms. The largest absolute Gasteiger partial charge is 0.368 e. The SMILES string of the molecule is NC(=O)C(NCc1cccs1)c1ccccc1Cl. The third-order valence-corrected chi connectivity index (χ3v) is 3.78. The van der Waals surface area contributed by atoms with E-state index in [-0.39, 0.29) is 0 Å². The first-order chi connectivity index (χ1) is 8.68. The zero-order chi connectivity index (χ0) is 13.0. The minimum Gasteiger partial charge on any atom is -0.368 e. The van der Waals surface area contributed by atoms with Gasteiger partial charge in [-0.25, -0.2) is 0 Å². The second-order valence-corrected chi connectivity index (χ2v) is 5.26. The molecule has 0 spiro atoms. The first kappa shape index (κ1) is 13.1. The molecule has 2 rings (SSSR count). The van der Waals surface area contributed by atoms with Crippen LogP contribution in [0, 0.1) is 0 Å². The van der Waals surface area contributed by atoms with E-state index in [1.165, 1.54) is 0 Å². The maximum absolute atomic E-state index is 11.5. The lowest BCUT2D eigenvalue weighted by Crippen LogP contribution is -2.33. The number of nitrogens with two attached hydrogens (primary N) is 1. The van der Waals surface area contributed by atoms with E-state index in [0.717, 1.165) is 4.88 Å². The highest BCUT2D eigenvalue weighted by Gasteiger charge is 2.19. The predicted molar refractivity (Wildman–Crippen MR) is 74.5 cm³/mol. The van der Waals surface area contributed by atoms with Gasteiger partial charge in [0.05, 0.1) is 0 Å². The van der Waals surface area contributed by atoms with Gasteiger partial charge in [0.25, 0.3) is 0 Å². The van der Waals surface area contributed by atoms with Crippen LogP contribution in [0.5, 0.6) is 0 Å². The van der Waals surface area contributed by atoms with Crippen LogP contribution in [0.25, 0.3) is 0 Å². The molecule has 1 aromatic heterocycles. The van der Waals surface area contributed by atoms with Crippen molar-refractivity contribution in [3.63, 3.8) is 0 Å². The van der Waals surface area contributed by atoms with Crippen LogP contribution in [0.1, 0.15) is 16.5 Å². The Morgan fingerprint density at radius 1 is 1.33 bits per heavy atom. The quantitative estimate of drug-likeness (QED) is 0.885. The Labute approximate surface area is 115 Å². The lowest BCUT2D eigenvalue weighted by molar-refractivity contribution is -0.120. The Morgan fingerprint density at radius 2 is 2.11 bits per heavy atom. The molecule has 1 heterocycles. The van der Waals surface area contributed by atoms with Gasteiger partial charge in [0, 0.05) is 16.4 Å². The number of hydrogen-bond donors (Lipinski definition) is 2. The van der Waals surface area contributed by atoms with Gasteiger partial charge in [-0.3, -0.25) is 10.1 Å². The molecule has 0 fully saturated rings. The second-order valence-electron chi connectivity index (χ2n) is 3.82. The smallest absolute Gasteiger partial charge is 0.239 e. The molecule has 3 N–H and O–H groups in total. The van der Waals surface area contributed by atoms with Crippen LogP contribution in [-0.4, -0.2) is 5.91 Å². The maximum atomic E-state index is 11.5. The molecule has 0 saturated heterocycles. The molecule has 0 saturated carbocycles. The van der Waals surface area contributed by atoms with Gasteiger partial charge in [-0.05, 0) is 23.1 Å². The Hall–Kier alpha value is -1.36. The van der Waals surface area contributed by atoms with Crippen molar-refractivity contribution < 1.29 is 4.79 Å². The highest BCUT2D eigenvalue weighted by atomic mass is 35.5. The third-order valence-electron chi connectivity index (χ3n) is 2.56. The van der Waals surface area contributed by atoms with E-state index in [0.29, 0.717) is 17.1 Å². The molecule has 0 aliphatic carbocycles. The zero-order valence-electron chi connectivity index (χ0n) is 9.60. The van der Waals surface area contributed by atoms with Crippen molar-refractivity contribution in [2.24, 2.45) is 5.73 Å². The number of primary amides is 1. The summed E-state index contributed by atoms with van der Waals surface area (Å²) < 4.78 is 0. The van der Waals surface area contributed by atoms with E-state index in [4.69, 9.17) is 17.3 Å². The molecule has 0 bridgehead atoms. The summed E-state index contributed by atoms with van der Waals surface area (Å²) in [5.41, 5.74) is 6.13. The molecule has 0 radical (unpaired) electrons. The standard InChI is InChI=1S/C13H13ClN2OS/c14-11-6-2-1-5-10(11)12(13(15)17)16-8-9-4-3-7-18-9/h1-7,12,16H,8H2,(H2,15,17). The zero-order valence-corrected chi connectivity index (χ0v) is 11.2. The van der Waals surface area contributed by atoms with Crippen molar-refractivity contribution in [1.82, 2.24) is 5.32 Å². The lowest BCUT2D eigenvalue weighted by atomic mass is 10.1. The Bertz CT molecular complexity index is 528. The van der Waals surface area contributed by atoms with E-state index in [9.17, 15) is 4.79 Å². The van der Waals surface area contributed by atoms with Crippen LogP contribution >= 0.6 is 22.9 Å². The normalized spacial score (nSPS) is 12.3. The number of amides is 1. The van der Waals surface area contributed by atoms with Crippen molar-refractivity contribution >= 4 is 28.8 Å². The van der Waals surface area contributed by atoms with Crippen molar-refractivity contribution in [1.29, 1.82) is 0 Å². The van der Waals surface area contributed by atoms with Crippen LogP contribution in [0.3, 0.4) is 0 Å². The van der Waals surface area contributed by atoms with Crippen LogP contribution in [0.15, 0.2) is 41.8 Å². The fourth-order valence-corrected chi connectivity index (χ4v) is 2.59. The fourth-order valence-electron chi connectivity index (χ4n) is 1.69. The van der Waals surface area contributed by atoms with Gasteiger partial charge < -0.3 is 5.73 Å². The van der Waals surface area contributed by atoms with E-state index in [1.54, 1.807) is 23.5 Å². The van der Waals surface area contributed by atoms with E-state index in [2.05, 4.69) is 5.32 Å². The van der Waals surface area contributed by atoms with E-state index in [1.807, 2.05) is 29.6 Å². The summed E-state index contributed by atoms with van der Waals surface area (Å²) in [6, 6.07) is 10.6. The van der Waals surface area contributed by atoms with Gasteiger partial charge in [-0.2, -0.15) is 0 Å². The Balaban J connectivity index is 2.14. The molecular formula is C13H13ClN2OS. The molecule has 0 aliphatic heterocycles. The number of rotatable bonds is 5. The van der Waals surface area contributed by atoms with Gasteiger partial charge in [0.15, 0.2) is 0 Å². The molecule has 3 nitrogen and oxygen atoms in total. The predicted octanol–water partition coefficient (Wildman–Crippen LogP) is 2.72. The molecule has 1 atom stereocenters. The molecule has 1 aromatic carbocycles. The topological polar surface area (TPSA) is 55.1 Å². The highest BCUT2D eigenvalue weighted by Crippen LogP contribution is 2.23. The Morgan fingerprint density at radius 3 is 2.72 bits per heavy atom. The van der Waals surface area contributed by atoms with Crippen LogP contribution in [0.4, 0.5) is 0 Å². The highest BCUT2D eigenvalue weighted by molar-refractivity contribution is 7.09. The number of hydrogen-bond acceptors (Lipinski definition) is 3. The summed E-state index contributed by atoms with van der Waals surface area (Å²) in [6.45, 7) is 0.594. The molecule has 1 unspecified atom stereocenters. The summed E-state index contributed by atoms with van der Waals surface area (Å²) in [5, 5.41) is 5.66. The number of benzene rings is 1. The van der Waals surface area contributed by atoms with Gasteiger partial charge >= 0.3 is 0 Å².